The number of rotatable bonds is 5. The first-order valence-corrected chi connectivity index (χ1v) is 8.31. The van der Waals surface area contributed by atoms with Gasteiger partial charge >= 0.3 is 6.03 Å². The molecule has 4 amide bonds. The van der Waals surface area contributed by atoms with Gasteiger partial charge in [-0.25, -0.2) is 4.79 Å². The van der Waals surface area contributed by atoms with E-state index in [1.165, 1.54) is 0 Å². The summed E-state index contributed by atoms with van der Waals surface area (Å²) < 4.78 is 0. The van der Waals surface area contributed by atoms with Gasteiger partial charge in [-0.05, 0) is 50.5 Å². The maximum atomic E-state index is 12.0. The van der Waals surface area contributed by atoms with Gasteiger partial charge in [-0.3, -0.25) is 14.9 Å². The highest BCUT2D eigenvalue weighted by atomic mass is 16.2. The van der Waals surface area contributed by atoms with Crippen LogP contribution in [0.15, 0.2) is 24.3 Å². The van der Waals surface area contributed by atoms with Gasteiger partial charge in [0.25, 0.3) is 0 Å². The fraction of sp³-hybridized carbons (Fsp3) is 0.471. The van der Waals surface area contributed by atoms with Crippen molar-refractivity contribution in [2.45, 2.75) is 44.7 Å². The van der Waals surface area contributed by atoms with Crippen LogP contribution in [-0.4, -0.2) is 36.5 Å². The molecule has 1 saturated carbocycles. The van der Waals surface area contributed by atoms with Crippen LogP contribution in [0.2, 0.25) is 0 Å². The maximum Gasteiger partial charge on any atom is 0.321 e. The summed E-state index contributed by atoms with van der Waals surface area (Å²) in [4.78, 5) is 37.1. The second kappa shape index (κ2) is 6.90. The zero-order valence-corrected chi connectivity index (χ0v) is 13.7. The van der Waals surface area contributed by atoms with Gasteiger partial charge in [-0.2, -0.15) is 0 Å². The highest BCUT2D eigenvalue weighted by Crippen LogP contribution is 2.23. The molecule has 3 rings (SSSR count). The number of carbonyl (C=O) groups excluding carboxylic acids is 3. The minimum absolute atomic E-state index is 0.144. The quantitative estimate of drug-likeness (QED) is 0.765. The lowest BCUT2D eigenvalue weighted by Crippen LogP contribution is -2.46. The number of hydrogen-bond acceptors (Lipinski definition) is 4. The molecule has 7 heteroatoms. The van der Waals surface area contributed by atoms with E-state index in [4.69, 9.17) is 0 Å². The van der Waals surface area contributed by atoms with E-state index >= 15 is 0 Å². The van der Waals surface area contributed by atoms with E-state index in [9.17, 15) is 14.4 Å². The van der Waals surface area contributed by atoms with Gasteiger partial charge in [0.2, 0.25) is 11.8 Å². The molecule has 1 aromatic carbocycles. The van der Waals surface area contributed by atoms with E-state index in [-0.39, 0.29) is 17.9 Å². The normalized spacial score (nSPS) is 18.2. The van der Waals surface area contributed by atoms with Gasteiger partial charge in [0.15, 0.2) is 0 Å². The Morgan fingerprint density at radius 1 is 1.21 bits per heavy atom. The highest BCUT2D eigenvalue weighted by molar-refractivity contribution is 5.98. The van der Waals surface area contributed by atoms with Crippen molar-refractivity contribution < 1.29 is 14.4 Å². The number of amides is 4. The average Bonchev–Trinajstić information content (AvgIpc) is 3.26. The topological polar surface area (TPSA) is 90.5 Å². The Labute approximate surface area is 140 Å². The molecule has 0 aromatic heterocycles. The molecule has 2 aliphatic rings. The Hall–Kier alpha value is -2.57. The summed E-state index contributed by atoms with van der Waals surface area (Å²) in [6.07, 6.45) is 3.43. The van der Waals surface area contributed by atoms with Crippen molar-refractivity contribution >= 4 is 29.2 Å². The fourth-order valence-electron chi connectivity index (χ4n) is 2.64. The third-order valence-electron chi connectivity index (χ3n) is 4.18. The minimum Gasteiger partial charge on any atom is -0.374 e. The Balaban J connectivity index is 1.51. The van der Waals surface area contributed by atoms with Crippen LogP contribution < -0.4 is 20.9 Å². The number of hydrogen-bond donors (Lipinski definition) is 3. The number of nitrogens with zero attached hydrogens (tertiary/aromatic N) is 1. The fourth-order valence-corrected chi connectivity index (χ4v) is 2.64. The summed E-state index contributed by atoms with van der Waals surface area (Å²) >= 11 is 0. The zero-order chi connectivity index (χ0) is 17.1. The van der Waals surface area contributed by atoms with Crippen LogP contribution in [0.25, 0.3) is 0 Å². The summed E-state index contributed by atoms with van der Waals surface area (Å²) in [6, 6.07) is 6.59. The third kappa shape index (κ3) is 4.04. The largest absolute Gasteiger partial charge is 0.374 e. The average molecular weight is 330 g/mol. The molecule has 24 heavy (non-hydrogen) atoms. The van der Waals surface area contributed by atoms with Gasteiger partial charge in [0, 0.05) is 30.4 Å². The van der Waals surface area contributed by atoms with E-state index in [1.807, 2.05) is 24.3 Å². The van der Waals surface area contributed by atoms with Crippen molar-refractivity contribution in [2.75, 3.05) is 16.8 Å². The van der Waals surface area contributed by atoms with E-state index < -0.39 is 12.1 Å². The van der Waals surface area contributed by atoms with Gasteiger partial charge in [0.1, 0.15) is 6.04 Å². The van der Waals surface area contributed by atoms with Gasteiger partial charge in [0.05, 0.1) is 0 Å². The molecule has 3 N–H and O–H groups in total. The highest BCUT2D eigenvalue weighted by Gasteiger charge is 2.25. The Morgan fingerprint density at radius 3 is 2.50 bits per heavy atom. The van der Waals surface area contributed by atoms with Crippen molar-refractivity contribution in [3.63, 3.8) is 0 Å². The van der Waals surface area contributed by atoms with Gasteiger partial charge < -0.3 is 15.5 Å². The molecule has 1 aliphatic carbocycles. The summed E-state index contributed by atoms with van der Waals surface area (Å²) in [7, 11) is 0. The lowest BCUT2D eigenvalue weighted by atomic mass is 10.2. The number of anilines is 2. The molecule has 1 heterocycles. The van der Waals surface area contributed by atoms with E-state index in [0.717, 1.165) is 37.2 Å². The van der Waals surface area contributed by atoms with Gasteiger partial charge in [-0.15, -0.1) is 0 Å². The van der Waals surface area contributed by atoms with E-state index in [1.54, 1.807) is 11.8 Å². The molecule has 0 radical (unpaired) electrons. The molecule has 7 nitrogen and oxygen atoms in total. The van der Waals surface area contributed by atoms with Crippen LogP contribution in [0.5, 0.6) is 0 Å². The second-order valence-electron chi connectivity index (χ2n) is 6.30. The first-order valence-electron chi connectivity index (χ1n) is 8.31. The SMILES string of the molecule is CC(Nc1ccc(N2CCCC2=O)cc1)C(=O)NC(=O)NC1CC1. The molecule has 128 valence electrons. The van der Waals surface area contributed by atoms with Crippen molar-refractivity contribution in [2.24, 2.45) is 0 Å². The Kier molecular flexibility index (Phi) is 4.69. The summed E-state index contributed by atoms with van der Waals surface area (Å²) in [5.41, 5.74) is 1.62. The van der Waals surface area contributed by atoms with Crippen LogP contribution in [0.1, 0.15) is 32.6 Å². The summed E-state index contributed by atoms with van der Waals surface area (Å²) in [5.74, 6) is -0.239. The minimum atomic E-state index is -0.547. The smallest absolute Gasteiger partial charge is 0.321 e. The van der Waals surface area contributed by atoms with E-state index in [0.29, 0.717) is 6.42 Å². The van der Waals surface area contributed by atoms with Crippen LogP contribution in [0, 0.1) is 0 Å². The van der Waals surface area contributed by atoms with Crippen molar-refractivity contribution in [1.29, 1.82) is 0 Å². The molecule has 0 spiro atoms. The summed E-state index contributed by atoms with van der Waals surface area (Å²) in [6.45, 7) is 2.44. The molecule has 1 aromatic rings. The van der Waals surface area contributed by atoms with Crippen LogP contribution in [0.3, 0.4) is 0 Å². The van der Waals surface area contributed by atoms with Crippen LogP contribution in [-0.2, 0) is 9.59 Å². The monoisotopic (exact) mass is 330 g/mol. The van der Waals surface area contributed by atoms with Crippen molar-refractivity contribution in [3.8, 4) is 0 Å². The first-order chi connectivity index (χ1) is 11.5. The van der Waals surface area contributed by atoms with Crippen molar-refractivity contribution in [1.82, 2.24) is 10.6 Å². The van der Waals surface area contributed by atoms with Gasteiger partial charge in [-0.1, -0.05) is 0 Å². The third-order valence-corrected chi connectivity index (χ3v) is 4.18. The van der Waals surface area contributed by atoms with Crippen molar-refractivity contribution in [3.05, 3.63) is 24.3 Å². The molecular weight excluding hydrogens is 308 g/mol. The Bertz CT molecular complexity index is 640. The first kappa shape index (κ1) is 16.3. The lowest BCUT2D eigenvalue weighted by molar-refractivity contribution is -0.120. The zero-order valence-electron chi connectivity index (χ0n) is 13.7. The van der Waals surface area contributed by atoms with E-state index in [2.05, 4.69) is 16.0 Å². The lowest BCUT2D eigenvalue weighted by Gasteiger charge is -2.18. The van der Waals surface area contributed by atoms with Crippen LogP contribution >= 0.6 is 0 Å². The standard InChI is InChI=1S/C17H22N4O3/c1-11(16(23)20-17(24)19-13-4-5-13)18-12-6-8-14(9-7-12)21-10-2-3-15(21)22/h6-9,11,13,18H,2-5,10H2,1H3,(H2,19,20,23,24). The van der Waals surface area contributed by atoms with Crippen LogP contribution in [0.4, 0.5) is 16.2 Å². The predicted molar refractivity (Wildman–Crippen MR) is 90.8 cm³/mol. The predicted octanol–water partition coefficient (Wildman–Crippen LogP) is 1.60. The second-order valence-corrected chi connectivity index (χ2v) is 6.30. The number of imide groups is 1. The molecule has 1 atom stereocenters. The number of urea groups is 1. The summed E-state index contributed by atoms with van der Waals surface area (Å²) in [5, 5.41) is 8.09. The molecule has 0 bridgehead atoms. The molecule has 1 unspecified atom stereocenters. The maximum absolute atomic E-state index is 12.0. The number of nitrogens with one attached hydrogen (secondary N) is 3. The molecular formula is C17H22N4O3. The molecule has 2 fully saturated rings. The Morgan fingerprint density at radius 2 is 1.92 bits per heavy atom. The number of carbonyl (C=O) groups is 3. The molecule has 1 saturated heterocycles. The molecule has 1 aliphatic heterocycles. The number of benzene rings is 1.